The quantitative estimate of drug-likeness (QED) is 0.860. The number of amides is 1. The second kappa shape index (κ2) is 7.62. The van der Waals surface area contributed by atoms with Gasteiger partial charge in [-0.25, -0.2) is 9.97 Å². The highest BCUT2D eigenvalue weighted by atomic mass is 35.5. The van der Waals surface area contributed by atoms with Crippen LogP contribution in [0.4, 0.5) is 11.6 Å². The van der Waals surface area contributed by atoms with Crippen molar-refractivity contribution in [2.75, 3.05) is 10.6 Å². The molecule has 1 heterocycles. The van der Waals surface area contributed by atoms with E-state index >= 15 is 0 Å². The summed E-state index contributed by atoms with van der Waals surface area (Å²) in [6.07, 6.45) is 6.00. The van der Waals surface area contributed by atoms with Crippen LogP contribution in [0.15, 0.2) is 30.3 Å². The van der Waals surface area contributed by atoms with Gasteiger partial charge in [0, 0.05) is 22.4 Å². The molecule has 1 aliphatic rings. The lowest BCUT2D eigenvalue weighted by Gasteiger charge is -2.23. The van der Waals surface area contributed by atoms with Gasteiger partial charge >= 0.3 is 0 Å². The summed E-state index contributed by atoms with van der Waals surface area (Å²) in [5, 5.41) is 6.76. The van der Waals surface area contributed by atoms with Crippen molar-refractivity contribution >= 4 is 29.1 Å². The largest absolute Gasteiger partial charge is 0.351 e. The topological polar surface area (TPSA) is 66.9 Å². The first-order valence-corrected chi connectivity index (χ1v) is 8.67. The van der Waals surface area contributed by atoms with Crippen molar-refractivity contribution in [1.29, 1.82) is 0 Å². The van der Waals surface area contributed by atoms with Crippen molar-refractivity contribution in [3.63, 3.8) is 0 Å². The van der Waals surface area contributed by atoms with Gasteiger partial charge in [-0.2, -0.15) is 0 Å². The number of hydrogen-bond acceptors (Lipinski definition) is 4. The van der Waals surface area contributed by atoms with Crippen molar-refractivity contribution < 1.29 is 4.79 Å². The zero-order chi connectivity index (χ0) is 16.9. The van der Waals surface area contributed by atoms with E-state index in [4.69, 9.17) is 11.6 Å². The number of aromatic nitrogens is 2. The molecule has 0 bridgehead atoms. The van der Waals surface area contributed by atoms with E-state index in [2.05, 4.69) is 20.6 Å². The number of benzene rings is 1. The SMILES string of the molecule is Cc1cc(C(=O)Nc2cccc(Cl)c2)nc(NC2CCCCC2)n1. The standard InChI is InChI=1S/C18H21ClN4O/c1-12-10-16(17(24)21-15-9-5-6-13(19)11-15)23-18(20-12)22-14-7-3-2-4-8-14/h5-6,9-11,14H,2-4,7-8H2,1H3,(H,21,24)(H,20,22,23). The van der Waals surface area contributed by atoms with E-state index in [-0.39, 0.29) is 5.91 Å². The Labute approximate surface area is 146 Å². The molecule has 2 aromatic rings. The smallest absolute Gasteiger partial charge is 0.274 e. The van der Waals surface area contributed by atoms with Gasteiger partial charge < -0.3 is 10.6 Å². The minimum Gasteiger partial charge on any atom is -0.351 e. The summed E-state index contributed by atoms with van der Waals surface area (Å²) in [6, 6.07) is 9.13. The first kappa shape index (κ1) is 16.7. The molecule has 1 fully saturated rings. The Hall–Kier alpha value is -2.14. The van der Waals surface area contributed by atoms with Gasteiger partial charge in [-0.05, 0) is 44.0 Å². The molecule has 1 amide bonds. The van der Waals surface area contributed by atoms with Crippen molar-refractivity contribution in [2.24, 2.45) is 0 Å². The van der Waals surface area contributed by atoms with E-state index in [1.54, 1.807) is 30.3 Å². The Morgan fingerprint density at radius 3 is 2.71 bits per heavy atom. The normalized spacial score (nSPS) is 15.1. The maximum Gasteiger partial charge on any atom is 0.274 e. The molecule has 1 aromatic carbocycles. The fraction of sp³-hybridized carbons (Fsp3) is 0.389. The number of nitrogens with one attached hydrogen (secondary N) is 2. The second-order valence-electron chi connectivity index (χ2n) is 6.16. The van der Waals surface area contributed by atoms with Crippen LogP contribution in [0, 0.1) is 6.92 Å². The Kier molecular flexibility index (Phi) is 5.30. The van der Waals surface area contributed by atoms with Crippen LogP contribution in [0.3, 0.4) is 0 Å². The Bertz CT molecular complexity index is 729. The van der Waals surface area contributed by atoms with Gasteiger partial charge in [0.25, 0.3) is 5.91 Å². The molecule has 24 heavy (non-hydrogen) atoms. The van der Waals surface area contributed by atoms with E-state index in [0.717, 1.165) is 18.5 Å². The first-order valence-electron chi connectivity index (χ1n) is 8.29. The lowest BCUT2D eigenvalue weighted by atomic mass is 9.96. The van der Waals surface area contributed by atoms with E-state index in [9.17, 15) is 4.79 Å². The monoisotopic (exact) mass is 344 g/mol. The van der Waals surface area contributed by atoms with Crippen LogP contribution in [0.1, 0.15) is 48.3 Å². The highest BCUT2D eigenvalue weighted by Gasteiger charge is 2.16. The highest BCUT2D eigenvalue weighted by molar-refractivity contribution is 6.30. The molecule has 1 aromatic heterocycles. The van der Waals surface area contributed by atoms with Gasteiger partial charge in [0.2, 0.25) is 5.95 Å². The summed E-state index contributed by atoms with van der Waals surface area (Å²) >= 11 is 5.95. The van der Waals surface area contributed by atoms with Crippen LogP contribution < -0.4 is 10.6 Å². The predicted octanol–water partition coefficient (Wildman–Crippen LogP) is 4.44. The summed E-state index contributed by atoms with van der Waals surface area (Å²) in [7, 11) is 0. The van der Waals surface area contributed by atoms with Crippen LogP contribution in [0.25, 0.3) is 0 Å². The lowest BCUT2D eigenvalue weighted by Crippen LogP contribution is -2.24. The third-order valence-electron chi connectivity index (χ3n) is 4.11. The van der Waals surface area contributed by atoms with Crippen LogP contribution >= 0.6 is 11.6 Å². The second-order valence-corrected chi connectivity index (χ2v) is 6.60. The molecule has 0 spiro atoms. The number of carbonyl (C=O) groups excluding carboxylic acids is 1. The molecular formula is C18H21ClN4O. The van der Waals surface area contributed by atoms with E-state index < -0.39 is 0 Å². The van der Waals surface area contributed by atoms with Gasteiger partial charge in [0.05, 0.1) is 0 Å². The average Bonchev–Trinajstić information content (AvgIpc) is 2.55. The molecule has 0 radical (unpaired) electrons. The molecule has 5 nitrogen and oxygen atoms in total. The average molecular weight is 345 g/mol. The van der Waals surface area contributed by atoms with E-state index in [1.165, 1.54) is 19.3 Å². The van der Waals surface area contributed by atoms with Crippen LogP contribution in [-0.4, -0.2) is 21.9 Å². The Morgan fingerprint density at radius 2 is 1.96 bits per heavy atom. The third kappa shape index (κ3) is 4.45. The molecule has 126 valence electrons. The van der Waals surface area contributed by atoms with Crippen molar-refractivity contribution in [2.45, 2.75) is 45.1 Å². The van der Waals surface area contributed by atoms with Crippen molar-refractivity contribution in [3.05, 3.63) is 46.7 Å². The molecular weight excluding hydrogens is 324 g/mol. The predicted molar refractivity (Wildman–Crippen MR) is 96.7 cm³/mol. The zero-order valence-corrected chi connectivity index (χ0v) is 14.4. The number of aryl methyl sites for hydroxylation is 1. The van der Waals surface area contributed by atoms with Crippen LogP contribution in [0.2, 0.25) is 5.02 Å². The Morgan fingerprint density at radius 1 is 1.17 bits per heavy atom. The molecule has 0 saturated heterocycles. The molecule has 1 aliphatic carbocycles. The number of nitrogens with zero attached hydrogens (tertiary/aromatic N) is 2. The number of anilines is 2. The maximum atomic E-state index is 12.4. The van der Waals surface area contributed by atoms with Crippen LogP contribution in [-0.2, 0) is 0 Å². The summed E-state index contributed by atoms with van der Waals surface area (Å²) in [5.41, 5.74) is 1.76. The number of carbonyl (C=O) groups is 1. The minimum absolute atomic E-state index is 0.269. The van der Waals surface area contributed by atoms with Crippen molar-refractivity contribution in [1.82, 2.24) is 9.97 Å². The first-order chi connectivity index (χ1) is 11.6. The number of hydrogen-bond donors (Lipinski definition) is 2. The fourth-order valence-electron chi connectivity index (χ4n) is 2.94. The molecule has 6 heteroatoms. The molecule has 2 N–H and O–H groups in total. The highest BCUT2D eigenvalue weighted by Crippen LogP contribution is 2.21. The minimum atomic E-state index is -0.269. The molecule has 1 saturated carbocycles. The van der Waals surface area contributed by atoms with Gasteiger partial charge in [-0.15, -0.1) is 0 Å². The Balaban J connectivity index is 1.73. The third-order valence-corrected chi connectivity index (χ3v) is 4.34. The van der Waals surface area contributed by atoms with Gasteiger partial charge in [-0.1, -0.05) is 36.9 Å². The van der Waals surface area contributed by atoms with Gasteiger partial charge in [0.15, 0.2) is 0 Å². The summed E-state index contributed by atoms with van der Waals surface area (Å²) in [4.78, 5) is 21.2. The summed E-state index contributed by atoms with van der Waals surface area (Å²) in [6.45, 7) is 1.86. The number of halogens is 1. The molecule has 0 aliphatic heterocycles. The molecule has 3 rings (SSSR count). The van der Waals surface area contributed by atoms with Gasteiger partial charge in [0.1, 0.15) is 5.69 Å². The number of rotatable bonds is 4. The van der Waals surface area contributed by atoms with Crippen LogP contribution in [0.5, 0.6) is 0 Å². The zero-order valence-electron chi connectivity index (χ0n) is 13.7. The lowest BCUT2D eigenvalue weighted by molar-refractivity contribution is 0.102. The molecule has 0 atom stereocenters. The summed E-state index contributed by atoms with van der Waals surface area (Å²) < 4.78 is 0. The van der Waals surface area contributed by atoms with E-state index in [0.29, 0.717) is 28.4 Å². The molecule has 0 unspecified atom stereocenters. The van der Waals surface area contributed by atoms with Gasteiger partial charge in [-0.3, -0.25) is 4.79 Å². The van der Waals surface area contributed by atoms with Crippen molar-refractivity contribution in [3.8, 4) is 0 Å². The maximum absolute atomic E-state index is 12.4. The summed E-state index contributed by atoms with van der Waals surface area (Å²) in [5.74, 6) is 0.257. The van der Waals surface area contributed by atoms with E-state index in [1.807, 2.05) is 6.92 Å². The fourth-order valence-corrected chi connectivity index (χ4v) is 3.13.